The van der Waals surface area contributed by atoms with Gasteiger partial charge in [0.25, 0.3) is 0 Å². The summed E-state index contributed by atoms with van der Waals surface area (Å²) < 4.78 is 6.17. The Morgan fingerprint density at radius 1 is 1.57 bits per heavy atom. The fourth-order valence-corrected chi connectivity index (χ4v) is 2.06. The van der Waals surface area contributed by atoms with E-state index in [1.807, 2.05) is 27.7 Å². The van der Waals surface area contributed by atoms with Crippen molar-refractivity contribution >= 4 is 40.4 Å². The lowest BCUT2D eigenvalue weighted by atomic mass is 10.2. The largest absolute Gasteiger partial charge is 0.444 e. The lowest BCUT2D eigenvalue weighted by Crippen LogP contribution is -2.38. The molecule has 0 aliphatic rings. The van der Waals surface area contributed by atoms with Crippen molar-refractivity contribution in [2.24, 2.45) is 0 Å². The molecule has 1 amide bonds. The number of thioether (sulfide) groups is 1. The zero-order valence-corrected chi connectivity index (χ0v) is 12.1. The first-order chi connectivity index (χ1) is 6.35. The number of hydrogen-bond acceptors (Lipinski definition) is 3. The summed E-state index contributed by atoms with van der Waals surface area (Å²) in [7, 11) is 0. The van der Waals surface area contributed by atoms with E-state index < -0.39 is 5.60 Å². The number of ether oxygens (including phenoxy) is 1. The van der Waals surface area contributed by atoms with Crippen molar-refractivity contribution in [3.8, 4) is 0 Å². The highest BCUT2D eigenvalue weighted by Crippen LogP contribution is 2.09. The van der Waals surface area contributed by atoms with E-state index >= 15 is 0 Å². The van der Waals surface area contributed by atoms with Gasteiger partial charge in [0.15, 0.2) is 0 Å². The maximum Gasteiger partial charge on any atom is 0.407 e. The predicted octanol–water partition coefficient (Wildman–Crippen LogP) is 3.03. The highest BCUT2D eigenvalue weighted by Gasteiger charge is 2.17. The van der Waals surface area contributed by atoms with Gasteiger partial charge >= 0.3 is 6.09 Å². The molecule has 0 heterocycles. The van der Waals surface area contributed by atoms with E-state index in [4.69, 9.17) is 4.74 Å². The van der Waals surface area contributed by atoms with Crippen LogP contribution in [0.1, 0.15) is 27.7 Å². The molecule has 14 heavy (non-hydrogen) atoms. The van der Waals surface area contributed by atoms with E-state index in [0.29, 0.717) is 0 Å². The number of nitrogens with one attached hydrogen (secondary N) is 1. The van der Waals surface area contributed by atoms with E-state index in [2.05, 4.69) is 27.9 Å². The second kappa shape index (κ2) is 6.76. The lowest BCUT2D eigenvalue weighted by Gasteiger charge is -2.21. The summed E-state index contributed by atoms with van der Waals surface area (Å²) in [6.45, 7) is 7.55. The second-order valence-corrected chi connectivity index (χ2v) is 6.86. The van der Waals surface area contributed by atoms with Crippen LogP contribution >= 0.6 is 34.4 Å². The number of hydrogen-bond donors (Lipinski definition) is 1. The van der Waals surface area contributed by atoms with E-state index in [1.165, 1.54) is 0 Å². The van der Waals surface area contributed by atoms with E-state index in [-0.39, 0.29) is 12.1 Å². The maximum absolute atomic E-state index is 11.3. The topological polar surface area (TPSA) is 38.3 Å². The van der Waals surface area contributed by atoms with Crippen LogP contribution in [0.5, 0.6) is 0 Å². The Labute approximate surface area is 104 Å². The van der Waals surface area contributed by atoms with E-state index in [0.717, 1.165) is 9.51 Å². The first-order valence-corrected chi connectivity index (χ1v) is 7.16. The van der Waals surface area contributed by atoms with Gasteiger partial charge in [-0.2, -0.15) is 0 Å². The molecule has 0 radical (unpaired) electrons. The number of carbonyl (C=O) groups excluding carboxylic acids is 1. The van der Waals surface area contributed by atoms with Crippen LogP contribution in [0.2, 0.25) is 0 Å². The van der Waals surface area contributed by atoms with Crippen molar-refractivity contribution < 1.29 is 9.53 Å². The van der Waals surface area contributed by atoms with Gasteiger partial charge in [-0.05, 0) is 27.7 Å². The quantitative estimate of drug-likeness (QED) is 0.636. The Balaban J connectivity index is 3.71. The van der Waals surface area contributed by atoms with Crippen LogP contribution in [0.3, 0.4) is 0 Å². The minimum absolute atomic E-state index is 0.157. The summed E-state index contributed by atoms with van der Waals surface area (Å²) in [6.07, 6.45) is -0.334. The van der Waals surface area contributed by atoms with Crippen molar-refractivity contribution in [3.05, 3.63) is 0 Å². The molecular formula is C9H18INO2S. The molecule has 0 bridgehead atoms. The third-order valence-electron chi connectivity index (χ3n) is 1.21. The molecule has 1 atom stereocenters. The van der Waals surface area contributed by atoms with E-state index in [9.17, 15) is 4.79 Å². The maximum atomic E-state index is 11.3. The highest BCUT2D eigenvalue weighted by atomic mass is 127. The molecule has 0 aliphatic carbocycles. The van der Waals surface area contributed by atoms with Crippen LogP contribution in [0, 0.1) is 0 Å². The number of amides is 1. The zero-order valence-electron chi connectivity index (χ0n) is 9.09. The summed E-state index contributed by atoms with van der Waals surface area (Å²) in [5.41, 5.74) is -0.416. The third-order valence-corrected chi connectivity index (χ3v) is 3.42. The fraction of sp³-hybridized carbons (Fsp3) is 0.889. The lowest BCUT2D eigenvalue weighted by molar-refractivity contribution is 0.0513. The average molecular weight is 331 g/mol. The molecular weight excluding hydrogens is 313 g/mol. The molecule has 0 aromatic carbocycles. The van der Waals surface area contributed by atoms with Gasteiger partial charge in [0.05, 0.1) is 0 Å². The highest BCUT2D eigenvalue weighted by molar-refractivity contribution is 14.1. The smallest absolute Gasteiger partial charge is 0.407 e. The van der Waals surface area contributed by atoms with Gasteiger partial charge in [0.1, 0.15) is 5.60 Å². The second-order valence-electron chi connectivity index (χ2n) is 4.03. The fourth-order valence-electron chi connectivity index (χ4n) is 0.772. The summed E-state index contributed by atoms with van der Waals surface area (Å²) >= 11 is 4.09. The zero-order chi connectivity index (χ0) is 11.2. The molecule has 0 unspecified atom stereocenters. The molecule has 3 nitrogen and oxygen atoms in total. The van der Waals surface area contributed by atoms with Gasteiger partial charge in [-0.3, -0.25) is 0 Å². The number of alkyl halides is 1. The van der Waals surface area contributed by atoms with Gasteiger partial charge in [0, 0.05) is 15.6 Å². The molecule has 0 saturated carbocycles. The monoisotopic (exact) mass is 331 g/mol. The van der Waals surface area contributed by atoms with E-state index in [1.54, 1.807) is 11.8 Å². The van der Waals surface area contributed by atoms with Crippen LogP contribution in [0.4, 0.5) is 4.79 Å². The summed E-state index contributed by atoms with van der Waals surface area (Å²) in [5.74, 6) is 0.919. The van der Waals surface area contributed by atoms with Crippen LogP contribution in [-0.4, -0.2) is 27.2 Å². The molecule has 0 fully saturated rings. The Kier molecular flexibility index (Phi) is 6.93. The summed E-state index contributed by atoms with van der Waals surface area (Å²) in [6, 6.07) is 0.157. The van der Waals surface area contributed by atoms with Crippen molar-refractivity contribution in [3.63, 3.8) is 0 Å². The molecule has 0 aromatic heterocycles. The van der Waals surface area contributed by atoms with Gasteiger partial charge in [0.2, 0.25) is 0 Å². The predicted molar refractivity (Wildman–Crippen MR) is 70.2 cm³/mol. The van der Waals surface area contributed by atoms with Crippen LogP contribution in [0.25, 0.3) is 0 Å². The van der Waals surface area contributed by atoms with Gasteiger partial charge < -0.3 is 10.1 Å². The number of carbonyl (C=O) groups is 1. The SMILES string of the molecule is C[C@H](CSCI)NC(=O)OC(C)(C)C. The van der Waals surface area contributed by atoms with Crippen molar-refractivity contribution in [1.29, 1.82) is 0 Å². The standard InChI is InChI=1S/C9H18INO2S/c1-7(5-14-6-10)11-8(12)13-9(2,3)4/h7H,5-6H2,1-4H3,(H,11,12)/t7-/m1/s1. The van der Waals surface area contributed by atoms with Gasteiger partial charge in [-0.25, -0.2) is 4.79 Å². The Bertz CT molecular complexity index is 182. The molecule has 84 valence electrons. The first-order valence-electron chi connectivity index (χ1n) is 4.48. The summed E-state index contributed by atoms with van der Waals surface area (Å²) in [5, 5.41) is 2.79. The first kappa shape index (κ1) is 14.3. The summed E-state index contributed by atoms with van der Waals surface area (Å²) in [4.78, 5) is 11.3. The average Bonchev–Trinajstić information content (AvgIpc) is 1.96. The van der Waals surface area contributed by atoms with Crippen molar-refractivity contribution in [1.82, 2.24) is 5.32 Å². The molecule has 0 saturated heterocycles. The number of rotatable bonds is 4. The molecule has 1 N–H and O–H groups in total. The molecule has 5 heteroatoms. The van der Waals surface area contributed by atoms with Crippen molar-refractivity contribution in [2.45, 2.75) is 39.3 Å². The van der Waals surface area contributed by atoms with Gasteiger partial charge in [-0.15, -0.1) is 11.8 Å². The number of halogens is 1. The van der Waals surface area contributed by atoms with Gasteiger partial charge in [-0.1, -0.05) is 22.6 Å². The van der Waals surface area contributed by atoms with Crippen LogP contribution in [-0.2, 0) is 4.74 Å². The molecule has 0 aromatic rings. The minimum Gasteiger partial charge on any atom is -0.444 e. The molecule has 0 spiro atoms. The number of alkyl carbamates (subject to hydrolysis) is 1. The minimum atomic E-state index is -0.416. The molecule has 0 aliphatic heterocycles. The Morgan fingerprint density at radius 3 is 2.57 bits per heavy atom. The third kappa shape index (κ3) is 8.93. The molecule has 0 rings (SSSR count). The van der Waals surface area contributed by atoms with Crippen LogP contribution in [0.15, 0.2) is 0 Å². The Morgan fingerprint density at radius 2 is 2.14 bits per heavy atom. The Hall–Kier alpha value is 0.350. The van der Waals surface area contributed by atoms with Crippen LogP contribution < -0.4 is 5.32 Å². The normalized spacial score (nSPS) is 13.5. The van der Waals surface area contributed by atoms with Crippen molar-refractivity contribution in [2.75, 3.05) is 9.51 Å².